The van der Waals surface area contributed by atoms with Crippen LogP contribution < -0.4 is 10.5 Å². The van der Waals surface area contributed by atoms with Gasteiger partial charge in [0.25, 0.3) is 0 Å². The Balaban J connectivity index is 2.68. The first kappa shape index (κ1) is 12.8. The molecule has 0 aromatic heterocycles. The van der Waals surface area contributed by atoms with Crippen molar-refractivity contribution in [3.05, 3.63) is 23.8 Å². The molecule has 1 aromatic carbocycles. The zero-order valence-corrected chi connectivity index (χ0v) is 10.9. The highest BCUT2D eigenvalue weighted by atomic mass is 16.5. The van der Waals surface area contributed by atoms with Crippen molar-refractivity contribution in [1.29, 1.82) is 0 Å². The number of benzene rings is 1. The predicted molar refractivity (Wildman–Crippen MR) is 68.9 cm³/mol. The summed E-state index contributed by atoms with van der Waals surface area (Å²) < 4.78 is 5.75. The van der Waals surface area contributed by atoms with Gasteiger partial charge in [0.15, 0.2) is 0 Å². The summed E-state index contributed by atoms with van der Waals surface area (Å²) in [5, 5.41) is 0. The van der Waals surface area contributed by atoms with E-state index in [0.717, 1.165) is 11.3 Å². The maximum Gasteiger partial charge on any atom is 0.142 e. The van der Waals surface area contributed by atoms with Gasteiger partial charge in [-0.3, -0.25) is 0 Å². The van der Waals surface area contributed by atoms with E-state index in [9.17, 15) is 0 Å². The average molecular weight is 222 g/mol. The van der Waals surface area contributed by atoms with Gasteiger partial charge in [-0.1, -0.05) is 6.07 Å². The van der Waals surface area contributed by atoms with Gasteiger partial charge < -0.3 is 15.4 Å². The number of nitrogens with zero attached hydrogens (tertiary/aromatic N) is 1. The molecule has 0 fully saturated rings. The fraction of sp³-hybridized carbons (Fsp3) is 0.538. The molecule has 0 heterocycles. The fourth-order valence-corrected chi connectivity index (χ4v) is 1.18. The summed E-state index contributed by atoms with van der Waals surface area (Å²) in [5.74, 6) is 0.764. The van der Waals surface area contributed by atoms with Crippen molar-refractivity contribution in [1.82, 2.24) is 4.90 Å². The van der Waals surface area contributed by atoms with Crippen molar-refractivity contribution in [3.63, 3.8) is 0 Å². The Morgan fingerprint density at radius 3 is 2.44 bits per heavy atom. The van der Waals surface area contributed by atoms with Crippen LogP contribution in [0.2, 0.25) is 0 Å². The number of anilines is 1. The molecule has 0 unspecified atom stereocenters. The number of nitrogen functional groups attached to an aromatic ring is 1. The summed E-state index contributed by atoms with van der Waals surface area (Å²) in [6.07, 6.45) is 0. The van der Waals surface area contributed by atoms with E-state index in [1.54, 1.807) is 0 Å². The standard InChI is InChI=1S/C13H22N2O/c1-10-6-7-12(11(14)8-10)16-9-13(2,3)15(4)5/h6-8H,9,14H2,1-5H3. The van der Waals surface area contributed by atoms with E-state index >= 15 is 0 Å². The van der Waals surface area contributed by atoms with Gasteiger partial charge in [0.05, 0.1) is 5.69 Å². The van der Waals surface area contributed by atoms with Crippen LogP contribution in [0.25, 0.3) is 0 Å². The first-order chi connectivity index (χ1) is 7.33. The maximum atomic E-state index is 5.89. The van der Waals surface area contributed by atoms with Crippen LogP contribution in [0.3, 0.4) is 0 Å². The van der Waals surface area contributed by atoms with Gasteiger partial charge in [0.1, 0.15) is 12.4 Å². The third-order valence-electron chi connectivity index (χ3n) is 2.96. The molecule has 0 aliphatic carbocycles. The van der Waals surface area contributed by atoms with Crippen molar-refractivity contribution in [2.75, 3.05) is 26.4 Å². The first-order valence-electron chi connectivity index (χ1n) is 5.49. The maximum absolute atomic E-state index is 5.89. The van der Waals surface area contributed by atoms with E-state index in [1.165, 1.54) is 0 Å². The predicted octanol–water partition coefficient (Wildman–Crippen LogP) is 2.30. The molecule has 16 heavy (non-hydrogen) atoms. The largest absolute Gasteiger partial charge is 0.490 e. The lowest BCUT2D eigenvalue weighted by atomic mass is 10.1. The number of ether oxygens (including phenoxy) is 1. The van der Waals surface area contributed by atoms with Crippen LogP contribution in [0.15, 0.2) is 18.2 Å². The average Bonchev–Trinajstić information content (AvgIpc) is 2.16. The van der Waals surface area contributed by atoms with Crippen molar-refractivity contribution < 1.29 is 4.74 Å². The van der Waals surface area contributed by atoms with Crippen LogP contribution in [0.4, 0.5) is 5.69 Å². The number of rotatable bonds is 4. The summed E-state index contributed by atoms with van der Waals surface area (Å²) in [6, 6.07) is 5.86. The lowest BCUT2D eigenvalue weighted by Crippen LogP contribution is -2.43. The zero-order chi connectivity index (χ0) is 12.3. The molecule has 2 N–H and O–H groups in total. The van der Waals surface area contributed by atoms with Crippen molar-refractivity contribution >= 4 is 5.69 Å². The molecule has 0 bridgehead atoms. The molecular weight excluding hydrogens is 200 g/mol. The first-order valence-corrected chi connectivity index (χ1v) is 5.49. The monoisotopic (exact) mass is 222 g/mol. The summed E-state index contributed by atoms with van der Waals surface area (Å²) in [4.78, 5) is 2.14. The smallest absolute Gasteiger partial charge is 0.142 e. The topological polar surface area (TPSA) is 38.5 Å². The fourth-order valence-electron chi connectivity index (χ4n) is 1.18. The summed E-state index contributed by atoms with van der Waals surface area (Å²) in [6.45, 7) is 6.91. The van der Waals surface area contributed by atoms with Crippen molar-refractivity contribution in [3.8, 4) is 5.75 Å². The third kappa shape index (κ3) is 3.14. The lowest BCUT2D eigenvalue weighted by Gasteiger charge is -2.32. The summed E-state index contributed by atoms with van der Waals surface area (Å²) in [5.41, 5.74) is 7.74. The molecule has 1 aromatic rings. The van der Waals surface area contributed by atoms with E-state index < -0.39 is 0 Å². The Morgan fingerprint density at radius 1 is 1.31 bits per heavy atom. The number of hydrogen-bond donors (Lipinski definition) is 1. The molecule has 0 aliphatic rings. The number of nitrogens with two attached hydrogens (primary N) is 1. The second-order valence-electron chi connectivity index (χ2n) is 5.04. The molecule has 0 aliphatic heterocycles. The van der Waals surface area contributed by atoms with E-state index in [0.29, 0.717) is 12.3 Å². The molecule has 0 saturated carbocycles. The highest BCUT2D eigenvalue weighted by Crippen LogP contribution is 2.23. The molecule has 0 radical (unpaired) electrons. The third-order valence-corrected chi connectivity index (χ3v) is 2.96. The SMILES string of the molecule is Cc1ccc(OCC(C)(C)N(C)C)c(N)c1. The van der Waals surface area contributed by atoms with Crippen molar-refractivity contribution in [2.24, 2.45) is 0 Å². The second-order valence-corrected chi connectivity index (χ2v) is 5.04. The van der Waals surface area contributed by atoms with Crippen LogP contribution in [0, 0.1) is 6.92 Å². The highest BCUT2D eigenvalue weighted by molar-refractivity contribution is 5.54. The summed E-state index contributed by atoms with van der Waals surface area (Å²) >= 11 is 0. The van der Waals surface area contributed by atoms with Crippen LogP contribution in [0.1, 0.15) is 19.4 Å². The number of likely N-dealkylation sites (N-methyl/N-ethyl adjacent to an activating group) is 1. The molecule has 0 atom stereocenters. The van der Waals surface area contributed by atoms with Crippen molar-refractivity contribution in [2.45, 2.75) is 26.3 Å². The Labute approximate surface area is 98.2 Å². The second kappa shape index (κ2) is 4.74. The van der Waals surface area contributed by atoms with Gasteiger partial charge in [0.2, 0.25) is 0 Å². The normalized spacial score (nSPS) is 11.9. The Kier molecular flexibility index (Phi) is 3.81. The minimum atomic E-state index is -0.00265. The summed E-state index contributed by atoms with van der Waals surface area (Å²) in [7, 11) is 4.09. The van der Waals surface area contributed by atoms with Gasteiger partial charge in [-0.25, -0.2) is 0 Å². The lowest BCUT2D eigenvalue weighted by molar-refractivity contribution is 0.114. The van der Waals surface area contributed by atoms with Gasteiger partial charge in [-0.2, -0.15) is 0 Å². The van der Waals surface area contributed by atoms with E-state index in [-0.39, 0.29) is 5.54 Å². The molecular formula is C13H22N2O. The number of hydrogen-bond acceptors (Lipinski definition) is 3. The van der Waals surface area contributed by atoms with E-state index in [4.69, 9.17) is 10.5 Å². The van der Waals surface area contributed by atoms with E-state index in [1.807, 2.05) is 39.2 Å². The number of aryl methyl sites for hydroxylation is 1. The highest BCUT2D eigenvalue weighted by Gasteiger charge is 2.21. The van der Waals surface area contributed by atoms with Gasteiger partial charge in [-0.15, -0.1) is 0 Å². The quantitative estimate of drug-likeness (QED) is 0.794. The Hall–Kier alpha value is -1.22. The molecule has 0 saturated heterocycles. The minimum Gasteiger partial charge on any atom is -0.490 e. The van der Waals surface area contributed by atoms with Crippen LogP contribution >= 0.6 is 0 Å². The molecule has 0 spiro atoms. The molecule has 1 rings (SSSR count). The molecule has 90 valence electrons. The molecule has 3 heteroatoms. The van der Waals surface area contributed by atoms with Crippen LogP contribution in [-0.4, -0.2) is 31.1 Å². The molecule has 0 amide bonds. The van der Waals surface area contributed by atoms with Gasteiger partial charge >= 0.3 is 0 Å². The van der Waals surface area contributed by atoms with E-state index in [2.05, 4.69) is 18.7 Å². The zero-order valence-electron chi connectivity index (χ0n) is 10.9. The van der Waals surface area contributed by atoms with Gasteiger partial charge in [-0.05, 0) is 52.6 Å². The van der Waals surface area contributed by atoms with Crippen LogP contribution in [-0.2, 0) is 0 Å². The van der Waals surface area contributed by atoms with Crippen LogP contribution in [0.5, 0.6) is 5.75 Å². The van der Waals surface area contributed by atoms with Gasteiger partial charge in [0, 0.05) is 5.54 Å². The Bertz CT molecular complexity index is 359. The molecule has 3 nitrogen and oxygen atoms in total. The minimum absolute atomic E-state index is 0.00265. The Morgan fingerprint density at radius 2 is 1.94 bits per heavy atom.